The van der Waals surface area contributed by atoms with E-state index in [0.717, 1.165) is 5.57 Å². The van der Waals surface area contributed by atoms with Crippen LogP contribution in [0.25, 0.3) is 0 Å². The molecule has 1 heterocycles. The fraction of sp³-hybridized carbons (Fsp3) is 0.700. The van der Waals surface area contributed by atoms with Crippen molar-refractivity contribution in [3.05, 3.63) is 11.6 Å². The molecule has 0 saturated carbocycles. The van der Waals surface area contributed by atoms with Crippen LogP contribution in [0.3, 0.4) is 0 Å². The Kier molecular flexibility index (Phi) is 4.04. The third-order valence-corrected chi connectivity index (χ3v) is 3.93. The van der Waals surface area contributed by atoms with Gasteiger partial charge in [0.15, 0.2) is 15.6 Å². The van der Waals surface area contributed by atoms with Crippen molar-refractivity contribution < 1.29 is 13.2 Å². The Balaban J connectivity index is 2.53. The highest BCUT2D eigenvalue weighted by Crippen LogP contribution is 2.06. The predicted octanol–water partition coefficient (Wildman–Crippen LogP) is 0.298. The highest BCUT2D eigenvalue weighted by Gasteiger charge is 2.25. The minimum absolute atomic E-state index is 0.00963. The number of hydrogen-bond acceptors (Lipinski definition) is 4. The third-order valence-electron chi connectivity index (χ3n) is 2.20. The lowest BCUT2D eigenvalue weighted by Crippen LogP contribution is -2.45. The Morgan fingerprint density at radius 1 is 1.47 bits per heavy atom. The zero-order valence-electron chi connectivity index (χ0n) is 9.12. The highest BCUT2D eigenvalue weighted by atomic mass is 32.2. The first kappa shape index (κ1) is 12.4. The number of rotatable bonds is 3. The van der Waals surface area contributed by atoms with Gasteiger partial charge in [-0.2, -0.15) is 0 Å². The van der Waals surface area contributed by atoms with Crippen molar-refractivity contribution in [2.75, 3.05) is 18.1 Å². The molecule has 0 bridgehead atoms. The van der Waals surface area contributed by atoms with E-state index in [-0.39, 0.29) is 29.8 Å². The van der Waals surface area contributed by atoms with Gasteiger partial charge in [-0.3, -0.25) is 4.79 Å². The van der Waals surface area contributed by atoms with Crippen LogP contribution in [0.1, 0.15) is 20.3 Å². The quantitative estimate of drug-likeness (QED) is 0.710. The maximum Gasteiger partial charge on any atom is 0.157 e. The molecule has 1 unspecified atom stereocenters. The van der Waals surface area contributed by atoms with Crippen molar-refractivity contribution in [3.8, 4) is 0 Å². The van der Waals surface area contributed by atoms with Gasteiger partial charge < -0.3 is 5.32 Å². The lowest BCUT2D eigenvalue weighted by Gasteiger charge is -2.22. The zero-order chi connectivity index (χ0) is 11.5. The summed E-state index contributed by atoms with van der Waals surface area (Å²) in [6, 6.07) is -0.216. The lowest BCUT2D eigenvalue weighted by atomic mass is 10.1. The van der Waals surface area contributed by atoms with E-state index in [1.807, 2.05) is 13.8 Å². The average molecular weight is 231 g/mol. The number of ketones is 1. The van der Waals surface area contributed by atoms with Crippen molar-refractivity contribution in [2.45, 2.75) is 26.3 Å². The van der Waals surface area contributed by atoms with Crippen LogP contribution < -0.4 is 5.32 Å². The molecule has 0 spiro atoms. The summed E-state index contributed by atoms with van der Waals surface area (Å²) >= 11 is 0. The molecule has 0 aliphatic carbocycles. The third kappa shape index (κ3) is 4.57. The van der Waals surface area contributed by atoms with Gasteiger partial charge in [-0.1, -0.05) is 5.57 Å². The summed E-state index contributed by atoms with van der Waals surface area (Å²) < 4.78 is 22.6. The number of nitrogens with one attached hydrogen (secondary N) is 1. The summed E-state index contributed by atoms with van der Waals surface area (Å²) in [4.78, 5) is 11.4. The van der Waals surface area contributed by atoms with E-state index in [4.69, 9.17) is 0 Å². The summed E-state index contributed by atoms with van der Waals surface area (Å²) in [5, 5.41) is 3.05. The molecule has 4 nitrogen and oxygen atoms in total. The Hall–Kier alpha value is -0.680. The van der Waals surface area contributed by atoms with E-state index in [0.29, 0.717) is 6.54 Å². The molecule has 15 heavy (non-hydrogen) atoms. The van der Waals surface area contributed by atoms with Gasteiger partial charge in [0, 0.05) is 19.0 Å². The second-order valence-corrected chi connectivity index (χ2v) is 6.39. The van der Waals surface area contributed by atoms with Gasteiger partial charge >= 0.3 is 0 Å². The van der Waals surface area contributed by atoms with Gasteiger partial charge in [-0.25, -0.2) is 8.42 Å². The Labute approximate surface area is 90.7 Å². The van der Waals surface area contributed by atoms with Crippen molar-refractivity contribution in [3.63, 3.8) is 0 Å². The second-order valence-electron chi connectivity index (χ2n) is 4.16. The number of hydrogen-bond donors (Lipinski definition) is 1. The molecule has 1 fully saturated rings. The first-order chi connectivity index (χ1) is 6.89. The van der Waals surface area contributed by atoms with Gasteiger partial charge in [0.1, 0.15) is 0 Å². The first-order valence-electron chi connectivity index (χ1n) is 5.00. The molecule has 0 amide bonds. The van der Waals surface area contributed by atoms with Crippen LogP contribution in [0.15, 0.2) is 11.6 Å². The van der Waals surface area contributed by atoms with E-state index in [2.05, 4.69) is 5.32 Å². The highest BCUT2D eigenvalue weighted by molar-refractivity contribution is 7.91. The molecule has 86 valence electrons. The lowest BCUT2D eigenvalue weighted by molar-refractivity contribution is -0.115. The zero-order valence-corrected chi connectivity index (χ0v) is 9.93. The smallest absolute Gasteiger partial charge is 0.157 e. The predicted molar refractivity (Wildman–Crippen MR) is 59.5 cm³/mol. The number of allylic oxidation sites excluding steroid dienone is 2. The fourth-order valence-electron chi connectivity index (χ4n) is 1.62. The monoisotopic (exact) mass is 231 g/mol. The SMILES string of the molecule is CC(C)=CC(=O)CC1CS(=O)(=O)CCN1. The van der Waals surface area contributed by atoms with E-state index in [1.54, 1.807) is 6.08 Å². The van der Waals surface area contributed by atoms with Crippen LogP contribution in [0.4, 0.5) is 0 Å². The van der Waals surface area contributed by atoms with Crippen molar-refractivity contribution in [1.29, 1.82) is 0 Å². The standard InChI is InChI=1S/C10H17NO3S/c1-8(2)5-10(12)6-9-7-15(13,14)4-3-11-9/h5,9,11H,3-4,6-7H2,1-2H3. The Morgan fingerprint density at radius 2 is 2.13 bits per heavy atom. The summed E-state index contributed by atoms with van der Waals surface area (Å²) in [5.74, 6) is 0.250. The van der Waals surface area contributed by atoms with E-state index >= 15 is 0 Å². The molecule has 0 radical (unpaired) electrons. The van der Waals surface area contributed by atoms with Gasteiger partial charge in [0.05, 0.1) is 11.5 Å². The Morgan fingerprint density at radius 3 is 2.67 bits per heavy atom. The summed E-state index contributed by atoms with van der Waals surface area (Å²) in [6.45, 7) is 4.15. The average Bonchev–Trinajstić information content (AvgIpc) is 1.99. The topological polar surface area (TPSA) is 63.2 Å². The van der Waals surface area contributed by atoms with Crippen LogP contribution in [-0.2, 0) is 14.6 Å². The van der Waals surface area contributed by atoms with Crippen LogP contribution in [0, 0.1) is 0 Å². The van der Waals surface area contributed by atoms with Gasteiger partial charge in [0.2, 0.25) is 0 Å². The first-order valence-corrected chi connectivity index (χ1v) is 6.83. The van der Waals surface area contributed by atoms with Crippen molar-refractivity contribution >= 4 is 15.6 Å². The molecule has 1 saturated heterocycles. The van der Waals surface area contributed by atoms with Gasteiger partial charge in [-0.05, 0) is 19.9 Å². The maximum atomic E-state index is 11.4. The fourth-order valence-corrected chi connectivity index (χ4v) is 3.07. The Bertz CT molecular complexity index is 366. The molecular weight excluding hydrogens is 214 g/mol. The molecule has 5 heteroatoms. The largest absolute Gasteiger partial charge is 0.312 e. The van der Waals surface area contributed by atoms with Gasteiger partial charge in [-0.15, -0.1) is 0 Å². The van der Waals surface area contributed by atoms with E-state index in [9.17, 15) is 13.2 Å². The normalized spacial score (nSPS) is 24.5. The van der Waals surface area contributed by atoms with Crippen LogP contribution in [0.5, 0.6) is 0 Å². The molecule has 0 aromatic rings. The molecule has 1 rings (SSSR count). The number of sulfone groups is 1. The second kappa shape index (κ2) is 4.90. The van der Waals surface area contributed by atoms with Crippen LogP contribution in [0.2, 0.25) is 0 Å². The van der Waals surface area contributed by atoms with Crippen LogP contribution >= 0.6 is 0 Å². The van der Waals surface area contributed by atoms with E-state index in [1.165, 1.54) is 0 Å². The summed E-state index contributed by atoms with van der Waals surface area (Å²) in [7, 11) is -2.94. The van der Waals surface area contributed by atoms with Crippen molar-refractivity contribution in [2.24, 2.45) is 0 Å². The molecule has 1 aliphatic rings. The van der Waals surface area contributed by atoms with E-state index < -0.39 is 9.84 Å². The maximum absolute atomic E-state index is 11.4. The molecule has 1 atom stereocenters. The minimum Gasteiger partial charge on any atom is -0.312 e. The summed E-state index contributed by atoms with van der Waals surface area (Å²) in [6.07, 6.45) is 1.83. The van der Waals surface area contributed by atoms with Crippen LogP contribution in [-0.4, -0.2) is 38.3 Å². The molecule has 0 aromatic heterocycles. The molecular formula is C10H17NO3S. The number of carbonyl (C=O) groups excluding carboxylic acids is 1. The molecule has 0 aromatic carbocycles. The summed E-state index contributed by atoms with van der Waals surface area (Å²) in [5.41, 5.74) is 0.943. The molecule has 1 aliphatic heterocycles. The minimum atomic E-state index is -2.94. The molecule has 1 N–H and O–H groups in total. The van der Waals surface area contributed by atoms with Crippen molar-refractivity contribution in [1.82, 2.24) is 5.32 Å². The number of carbonyl (C=O) groups is 1. The van der Waals surface area contributed by atoms with Gasteiger partial charge in [0.25, 0.3) is 0 Å².